The molecule has 0 N–H and O–H groups in total. The largest absolute Gasteiger partial charge is 0.291 e. The molecule has 0 bridgehead atoms. The van der Waals surface area contributed by atoms with Gasteiger partial charge in [-0.1, -0.05) is 36.4 Å². The quantitative estimate of drug-likeness (QED) is 0.445. The minimum atomic E-state index is -1.33. The van der Waals surface area contributed by atoms with Gasteiger partial charge >= 0.3 is 0 Å². The summed E-state index contributed by atoms with van der Waals surface area (Å²) in [7, 11) is 0. The molecule has 0 aromatic heterocycles. The van der Waals surface area contributed by atoms with Crippen molar-refractivity contribution in [3.63, 3.8) is 0 Å². The Kier molecular flexibility index (Phi) is 4.67. The van der Waals surface area contributed by atoms with Gasteiger partial charge in [0.1, 0.15) is 0 Å². The van der Waals surface area contributed by atoms with Crippen LogP contribution >= 0.6 is 0 Å². The number of azo groups is 2. The molecule has 3 aromatic carbocycles. The van der Waals surface area contributed by atoms with Crippen LogP contribution < -0.4 is 0 Å². The number of rotatable bonds is 4. The van der Waals surface area contributed by atoms with E-state index >= 15 is 0 Å². The summed E-state index contributed by atoms with van der Waals surface area (Å²) >= 11 is 0. The second-order valence-corrected chi connectivity index (χ2v) is 7.31. The predicted molar refractivity (Wildman–Crippen MR) is 113 cm³/mol. The first-order chi connectivity index (χ1) is 15.5. The monoisotopic (exact) mass is 422 g/mol. The first-order valence-corrected chi connectivity index (χ1v) is 9.81. The van der Waals surface area contributed by atoms with Crippen LogP contribution in [0.25, 0.3) is 0 Å². The minimum Gasteiger partial charge on any atom is -0.291 e. The molecule has 0 radical (unpaired) electrons. The van der Waals surface area contributed by atoms with Gasteiger partial charge in [-0.2, -0.15) is 20.5 Å². The third-order valence-electron chi connectivity index (χ3n) is 5.30. The van der Waals surface area contributed by atoms with Gasteiger partial charge < -0.3 is 0 Å². The number of hydrogen-bond donors (Lipinski definition) is 0. The maximum absolute atomic E-state index is 12.8. The normalized spacial score (nSPS) is 16.5. The molecule has 2 aliphatic rings. The summed E-state index contributed by atoms with van der Waals surface area (Å²) in [6.07, 6.45) is 0. The van der Waals surface area contributed by atoms with Gasteiger partial charge in [-0.25, -0.2) is 0 Å². The van der Waals surface area contributed by atoms with Crippen molar-refractivity contribution in [3.8, 4) is 0 Å². The topological polar surface area (TPSA) is 118 Å². The molecule has 8 nitrogen and oxygen atoms in total. The fraction of sp³-hybridized carbons (Fsp3) is 0.0833. The molecule has 8 heteroatoms. The van der Waals surface area contributed by atoms with Crippen molar-refractivity contribution in [2.75, 3.05) is 0 Å². The van der Waals surface area contributed by atoms with Gasteiger partial charge in [-0.3, -0.25) is 19.2 Å². The molecule has 0 amide bonds. The summed E-state index contributed by atoms with van der Waals surface area (Å²) in [5.74, 6) is -2.21. The smallest absolute Gasteiger partial charge is 0.197 e. The van der Waals surface area contributed by atoms with Crippen molar-refractivity contribution in [3.05, 3.63) is 95.1 Å². The molecular formula is C24H14N4O4. The molecule has 0 saturated carbocycles. The standard InChI is InChI=1S/C24H14N4O4/c29-21-15-11-17-18(24(32)20(23(17)31)28-26-14-9-5-2-6-10-14)12-16(15)22(30)19(21)27-25-13-7-3-1-4-8-13/h1-12,19-20H. The summed E-state index contributed by atoms with van der Waals surface area (Å²) in [4.78, 5) is 51.2. The van der Waals surface area contributed by atoms with E-state index in [2.05, 4.69) is 20.5 Å². The van der Waals surface area contributed by atoms with Crippen LogP contribution in [-0.2, 0) is 0 Å². The van der Waals surface area contributed by atoms with Gasteiger partial charge in [0.25, 0.3) is 0 Å². The average Bonchev–Trinajstić information content (AvgIpc) is 3.20. The van der Waals surface area contributed by atoms with Crippen LogP contribution in [0.2, 0.25) is 0 Å². The number of carbonyl (C=O) groups excluding carboxylic acids is 4. The molecule has 32 heavy (non-hydrogen) atoms. The van der Waals surface area contributed by atoms with E-state index in [1.165, 1.54) is 12.1 Å². The highest BCUT2D eigenvalue weighted by molar-refractivity contribution is 6.34. The van der Waals surface area contributed by atoms with E-state index in [-0.39, 0.29) is 22.3 Å². The Balaban J connectivity index is 1.44. The summed E-state index contributed by atoms with van der Waals surface area (Å²) in [6, 6.07) is 17.3. The maximum atomic E-state index is 12.8. The summed E-state index contributed by atoms with van der Waals surface area (Å²) < 4.78 is 0. The number of ketones is 4. The highest BCUT2D eigenvalue weighted by Gasteiger charge is 2.45. The van der Waals surface area contributed by atoms with E-state index in [0.717, 1.165) is 0 Å². The minimum absolute atomic E-state index is 0.0626. The number of fused-ring (bicyclic) bond motifs is 2. The average molecular weight is 422 g/mol. The van der Waals surface area contributed by atoms with Crippen molar-refractivity contribution >= 4 is 34.5 Å². The van der Waals surface area contributed by atoms with Crippen LogP contribution in [0.3, 0.4) is 0 Å². The Morgan fingerprint density at radius 1 is 0.469 bits per heavy atom. The Hall–Kier alpha value is -4.46. The van der Waals surface area contributed by atoms with Gasteiger partial charge in [0.2, 0.25) is 0 Å². The lowest BCUT2D eigenvalue weighted by Gasteiger charge is -1.99. The SMILES string of the molecule is O=C1c2cc3c(cc2C(=O)C1N=Nc1ccccc1)C(=O)C(N=Nc1ccccc1)C3=O. The molecular weight excluding hydrogens is 408 g/mol. The zero-order valence-corrected chi connectivity index (χ0v) is 16.5. The van der Waals surface area contributed by atoms with E-state index < -0.39 is 35.2 Å². The number of benzene rings is 3. The van der Waals surface area contributed by atoms with Gasteiger partial charge in [0.05, 0.1) is 11.4 Å². The molecule has 0 heterocycles. The van der Waals surface area contributed by atoms with Gasteiger partial charge in [0.15, 0.2) is 35.2 Å². The van der Waals surface area contributed by atoms with Gasteiger partial charge in [-0.05, 0) is 36.4 Å². The Morgan fingerprint density at radius 3 is 1.09 bits per heavy atom. The molecule has 0 atom stereocenters. The van der Waals surface area contributed by atoms with Crippen molar-refractivity contribution < 1.29 is 19.2 Å². The second kappa shape index (κ2) is 7.66. The van der Waals surface area contributed by atoms with Crippen molar-refractivity contribution in [1.29, 1.82) is 0 Å². The van der Waals surface area contributed by atoms with Crippen molar-refractivity contribution in [2.45, 2.75) is 12.1 Å². The van der Waals surface area contributed by atoms with Gasteiger partial charge in [-0.15, -0.1) is 0 Å². The molecule has 0 saturated heterocycles. The molecule has 2 aliphatic carbocycles. The first-order valence-electron chi connectivity index (χ1n) is 9.81. The molecule has 0 unspecified atom stereocenters. The number of nitrogens with zero attached hydrogens (tertiary/aromatic N) is 4. The molecule has 3 aromatic rings. The summed E-state index contributed by atoms with van der Waals surface area (Å²) in [5.41, 5.74) is 1.26. The Morgan fingerprint density at radius 2 is 0.781 bits per heavy atom. The number of carbonyl (C=O) groups is 4. The highest BCUT2D eigenvalue weighted by atomic mass is 16.2. The van der Waals surface area contributed by atoms with E-state index in [4.69, 9.17) is 0 Å². The zero-order valence-electron chi connectivity index (χ0n) is 16.5. The molecule has 0 spiro atoms. The van der Waals surface area contributed by atoms with Crippen LogP contribution in [0.15, 0.2) is 93.3 Å². The van der Waals surface area contributed by atoms with Crippen LogP contribution in [0.5, 0.6) is 0 Å². The summed E-state index contributed by atoms with van der Waals surface area (Å²) in [5, 5.41) is 15.8. The van der Waals surface area contributed by atoms with E-state index in [9.17, 15) is 19.2 Å². The second-order valence-electron chi connectivity index (χ2n) is 7.31. The van der Waals surface area contributed by atoms with Crippen LogP contribution in [0, 0.1) is 0 Å². The summed E-state index contributed by atoms with van der Waals surface area (Å²) in [6.45, 7) is 0. The van der Waals surface area contributed by atoms with Crippen molar-refractivity contribution in [2.24, 2.45) is 20.5 Å². The van der Waals surface area contributed by atoms with Gasteiger partial charge in [0, 0.05) is 22.3 Å². The van der Waals surface area contributed by atoms with Crippen molar-refractivity contribution in [1.82, 2.24) is 0 Å². The molecule has 5 rings (SSSR count). The van der Waals surface area contributed by atoms with Crippen LogP contribution in [-0.4, -0.2) is 35.2 Å². The third kappa shape index (κ3) is 3.18. The first kappa shape index (κ1) is 19.5. The Bertz CT molecular complexity index is 1190. The molecule has 154 valence electrons. The van der Waals surface area contributed by atoms with E-state index in [1.54, 1.807) is 48.5 Å². The third-order valence-corrected chi connectivity index (χ3v) is 5.30. The lowest BCUT2D eigenvalue weighted by molar-refractivity contribution is 0.0879. The number of Topliss-reactive ketones (excluding diaryl/α,β-unsaturated/α-hetero) is 4. The van der Waals surface area contributed by atoms with Crippen LogP contribution in [0.1, 0.15) is 41.4 Å². The highest BCUT2D eigenvalue weighted by Crippen LogP contribution is 2.33. The fourth-order valence-electron chi connectivity index (χ4n) is 3.69. The lowest BCUT2D eigenvalue weighted by Crippen LogP contribution is -2.20. The maximum Gasteiger partial charge on any atom is 0.197 e. The molecule has 0 aliphatic heterocycles. The molecule has 0 fully saturated rings. The number of hydrogen-bond acceptors (Lipinski definition) is 8. The predicted octanol–water partition coefficient (Wildman–Crippen LogP) is 4.75. The van der Waals surface area contributed by atoms with Crippen LogP contribution in [0.4, 0.5) is 11.4 Å². The Labute approximate surface area is 181 Å². The van der Waals surface area contributed by atoms with E-state index in [1.807, 2.05) is 12.1 Å². The zero-order chi connectivity index (χ0) is 22.2. The van der Waals surface area contributed by atoms with E-state index in [0.29, 0.717) is 11.4 Å². The lowest BCUT2D eigenvalue weighted by atomic mass is 10.0. The fourth-order valence-corrected chi connectivity index (χ4v) is 3.69.